The summed E-state index contributed by atoms with van der Waals surface area (Å²) >= 11 is 0. The number of carbonyl (C=O) groups excluding carboxylic acids is 1. The standard InChI is InChI=1S/C18H26O8/c1-22-12-8-6-11(7-9-12)5-4-10-25-18-14(20)13(19)15(23-2)16(26-18)17(21)24-3/h6-9,13-16,18-20H,4-5,10H2,1-3H3/t13-,14-,15+,16+,18+/m1/s1. The van der Waals surface area contributed by atoms with Gasteiger partial charge in [-0.25, -0.2) is 4.79 Å². The molecule has 146 valence electrons. The third-order valence-electron chi connectivity index (χ3n) is 4.30. The lowest BCUT2D eigenvalue weighted by Gasteiger charge is -2.40. The number of aliphatic hydroxyl groups is 2. The highest BCUT2D eigenvalue weighted by Gasteiger charge is 2.48. The molecule has 0 aliphatic carbocycles. The van der Waals surface area contributed by atoms with Crippen molar-refractivity contribution in [3.63, 3.8) is 0 Å². The molecule has 1 fully saturated rings. The van der Waals surface area contributed by atoms with Gasteiger partial charge in [0.2, 0.25) is 0 Å². The lowest BCUT2D eigenvalue weighted by Crippen LogP contribution is -2.61. The third-order valence-corrected chi connectivity index (χ3v) is 4.30. The number of ether oxygens (including phenoxy) is 5. The van der Waals surface area contributed by atoms with Crippen molar-refractivity contribution >= 4 is 5.97 Å². The van der Waals surface area contributed by atoms with Gasteiger partial charge in [-0.2, -0.15) is 0 Å². The monoisotopic (exact) mass is 370 g/mol. The predicted octanol–water partition coefficient (Wildman–Crippen LogP) is 0.279. The number of methoxy groups -OCH3 is 3. The summed E-state index contributed by atoms with van der Waals surface area (Å²) in [6, 6.07) is 7.69. The Morgan fingerprint density at radius 2 is 1.81 bits per heavy atom. The first-order valence-corrected chi connectivity index (χ1v) is 8.38. The Kier molecular flexibility index (Phi) is 7.80. The average Bonchev–Trinajstić information content (AvgIpc) is 2.67. The fourth-order valence-electron chi connectivity index (χ4n) is 2.81. The van der Waals surface area contributed by atoms with Crippen LogP contribution >= 0.6 is 0 Å². The maximum atomic E-state index is 11.8. The summed E-state index contributed by atoms with van der Waals surface area (Å²) in [5.74, 6) is 0.0916. The number of aryl methyl sites for hydroxylation is 1. The minimum absolute atomic E-state index is 0.284. The van der Waals surface area contributed by atoms with Crippen molar-refractivity contribution < 1.29 is 38.7 Å². The van der Waals surface area contributed by atoms with E-state index in [-0.39, 0.29) is 6.61 Å². The summed E-state index contributed by atoms with van der Waals surface area (Å²) in [7, 11) is 4.14. The quantitative estimate of drug-likeness (QED) is 0.497. The van der Waals surface area contributed by atoms with Crippen LogP contribution in [0, 0.1) is 0 Å². The van der Waals surface area contributed by atoms with Crippen molar-refractivity contribution in [2.24, 2.45) is 0 Å². The molecule has 0 aromatic heterocycles. The number of rotatable bonds is 8. The van der Waals surface area contributed by atoms with Gasteiger partial charge in [-0.1, -0.05) is 12.1 Å². The lowest BCUT2D eigenvalue weighted by atomic mass is 9.98. The molecule has 0 radical (unpaired) electrons. The van der Waals surface area contributed by atoms with Crippen LogP contribution in [0.15, 0.2) is 24.3 Å². The van der Waals surface area contributed by atoms with Gasteiger partial charge in [0.15, 0.2) is 12.4 Å². The Labute approximate surface area is 152 Å². The number of hydrogen-bond acceptors (Lipinski definition) is 8. The second-order valence-corrected chi connectivity index (χ2v) is 5.95. The maximum Gasteiger partial charge on any atom is 0.337 e. The van der Waals surface area contributed by atoms with Gasteiger partial charge in [-0.15, -0.1) is 0 Å². The number of hydrogen-bond donors (Lipinski definition) is 2. The molecular weight excluding hydrogens is 344 g/mol. The summed E-state index contributed by atoms with van der Waals surface area (Å²) in [5.41, 5.74) is 1.12. The molecule has 0 saturated carbocycles. The molecule has 0 spiro atoms. The molecule has 0 unspecified atom stereocenters. The molecule has 1 saturated heterocycles. The Balaban J connectivity index is 1.86. The minimum Gasteiger partial charge on any atom is -0.497 e. The first kappa shape index (κ1) is 20.6. The molecule has 1 heterocycles. The minimum atomic E-state index is -1.33. The van der Waals surface area contributed by atoms with Crippen LogP contribution in [-0.4, -0.2) is 74.8 Å². The van der Waals surface area contributed by atoms with E-state index in [9.17, 15) is 15.0 Å². The van der Waals surface area contributed by atoms with E-state index in [2.05, 4.69) is 4.74 Å². The van der Waals surface area contributed by atoms with Crippen molar-refractivity contribution in [2.75, 3.05) is 27.9 Å². The van der Waals surface area contributed by atoms with Crippen molar-refractivity contribution in [3.05, 3.63) is 29.8 Å². The van der Waals surface area contributed by atoms with E-state index in [4.69, 9.17) is 18.9 Å². The lowest BCUT2D eigenvalue weighted by molar-refractivity contribution is -0.297. The predicted molar refractivity (Wildman–Crippen MR) is 90.8 cm³/mol. The van der Waals surface area contributed by atoms with Crippen LogP contribution in [-0.2, 0) is 30.2 Å². The molecule has 1 aliphatic heterocycles. The largest absolute Gasteiger partial charge is 0.497 e. The van der Waals surface area contributed by atoms with Crippen LogP contribution in [0.1, 0.15) is 12.0 Å². The van der Waals surface area contributed by atoms with Gasteiger partial charge in [0.05, 0.1) is 20.8 Å². The molecule has 2 rings (SSSR count). The highest BCUT2D eigenvalue weighted by molar-refractivity contribution is 5.75. The first-order chi connectivity index (χ1) is 12.5. The Morgan fingerprint density at radius 3 is 2.38 bits per heavy atom. The van der Waals surface area contributed by atoms with Gasteiger partial charge in [0.1, 0.15) is 24.1 Å². The number of carbonyl (C=O) groups is 1. The molecule has 1 aromatic rings. The van der Waals surface area contributed by atoms with Gasteiger partial charge in [0.25, 0.3) is 0 Å². The topological polar surface area (TPSA) is 104 Å². The SMILES string of the molecule is COC(=O)[C@H]1O[C@H](OCCCc2ccc(OC)cc2)[C@H](O)[C@@H](O)[C@@H]1OC. The summed E-state index contributed by atoms with van der Waals surface area (Å²) in [6.07, 6.45) is -4.57. The highest BCUT2D eigenvalue weighted by Crippen LogP contribution is 2.25. The van der Waals surface area contributed by atoms with E-state index in [0.29, 0.717) is 6.42 Å². The van der Waals surface area contributed by atoms with Crippen molar-refractivity contribution in [3.8, 4) is 5.75 Å². The van der Waals surface area contributed by atoms with Crippen LogP contribution < -0.4 is 4.74 Å². The zero-order chi connectivity index (χ0) is 19.1. The molecule has 8 nitrogen and oxygen atoms in total. The summed E-state index contributed by atoms with van der Waals surface area (Å²) in [5, 5.41) is 20.3. The van der Waals surface area contributed by atoms with Gasteiger partial charge in [-0.05, 0) is 30.5 Å². The normalized spacial score (nSPS) is 28.6. The van der Waals surface area contributed by atoms with E-state index < -0.39 is 36.7 Å². The number of benzene rings is 1. The van der Waals surface area contributed by atoms with Gasteiger partial charge in [-0.3, -0.25) is 0 Å². The Morgan fingerprint density at radius 1 is 1.12 bits per heavy atom. The van der Waals surface area contributed by atoms with Crippen LogP contribution in [0.4, 0.5) is 0 Å². The fourth-order valence-corrected chi connectivity index (χ4v) is 2.81. The van der Waals surface area contributed by atoms with E-state index >= 15 is 0 Å². The number of esters is 1. The fraction of sp³-hybridized carbons (Fsp3) is 0.611. The first-order valence-electron chi connectivity index (χ1n) is 8.38. The van der Waals surface area contributed by atoms with Crippen LogP contribution in [0.3, 0.4) is 0 Å². The second-order valence-electron chi connectivity index (χ2n) is 5.95. The summed E-state index contributed by atoms with van der Waals surface area (Å²) in [4.78, 5) is 11.8. The van der Waals surface area contributed by atoms with Gasteiger partial charge in [0, 0.05) is 7.11 Å². The van der Waals surface area contributed by atoms with E-state index in [0.717, 1.165) is 17.7 Å². The van der Waals surface area contributed by atoms with E-state index in [1.54, 1.807) is 7.11 Å². The highest BCUT2D eigenvalue weighted by atomic mass is 16.7. The molecule has 1 aliphatic rings. The summed E-state index contributed by atoms with van der Waals surface area (Å²) in [6.45, 7) is 0.284. The average molecular weight is 370 g/mol. The van der Waals surface area contributed by atoms with E-state index in [1.165, 1.54) is 14.2 Å². The molecule has 5 atom stereocenters. The molecule has 0 amide bonds. The number of aliphatic hydroxyl groups excluding tert-OH is 2. The van der Waals surface area contributed by atoms with Gasteiger partial charge < -0.3 is 33.9 Å². The molecule has 26 heavy (non-hydrogen) atoms. The molecule has 0 bridgehead atoms. The second kappa shape index (κ2) is 9.84. The zero-order valence-corrected chi connectivity index (χ0v) is 15.2. The molecular formula is C18H26O8. The van der Waals surface area contributed by atoms with Crippen molar-refractivity contribution in [2.45, 2.75) is 43.5 Å². The molecule has 8 heteroatoms. The van der Waals surface area contributed by atoms with E-state index in [1.807, 2.05) is 24.3 Å². The van der Waals surface area contributed by atoms with Crippen LogP contribution in [0.2, 0.25) is 0 Å². The van der Waals surface area contributed by atoms with Crippen molar-refractivity contribution in [1.29, 1.82) is 0 Å². The Hall–Kier alpha value is -1.71. The molecule has 2 N–H and O–H groups in total. The maximum absolute atomic E-state index is 11.8. The smallest absolute Gasteiger partial charge is 0.337 e. The third kappa shape index (κ3) is 4.93. The van der Waals surface area contributed by atoms with Crippen LogP contribution in [0.25, 0.3) is 0 Å². The van der Waals surface area contributed by atoms with Gasteiger partial charge >= 0.3 is 5.97 Å². The molecule has 1 aromatic carbocycles. The summed E-state index contributed by atoms with van der Waals surface area (Å²) < 4.78 is 25.8. The zero-order valence-electron chi connectivity index (χ0n) is 15.2. The van der Waals surface area contributed by atoms with Crippen molar-refractivity contribution in [1.82, 2.24) is 0 Å². The Bertz CT molecular complexity index is 561. The van der Waals surface area contributed by atoms with Crippen LogP contribution in [0.5, 0.6) is 5.75 Å².